The van der Waals surface area contributed by atoms with Crippen molar-refractivity contribution in [1.29, 1.82) is 0 Å². The number of halogens is 2. The van der Waals surface area contributed by atoms with Gasteiger partial charge in [0.25, 0.3) is 0 Å². The summed E-state index contributed by atoms with van der Waals surface area (Å²) in [5.74, 6) is -5.87. The quantitative estimate of drug-likeness (QED) is 0.404. The van der Waals surface area contributed by atoms with Crippen LogP contribution < -0.4 is 15.7 Å². The zero-order chi connectivity index (χ0) is 23.4. The monoisotopic (exact) mass is 457 g/mol. The fraction of sp³-hybridized carbons (Fsp3) is 0.167. The molecule has 0 aliphatic carbocycles. The van der Waals surface area contributed by atoms with Crippen molar-refractivity contribution in [2.75, 3.05) is 7.11 Å². The summed E-state index contributed by atoms with van der Waals surface area (Å²) >= 11 is 0. The molecule has 32 heavy (non-hydrogen) atoms. The van der Waals surface area contributed by atoms with Crippen molar-refractivity contribution in [2.45, 2.75) is 18.9 Å². The number of esters is 1. The molecule has 1 unspecified atom stereocenters. The van der Waals surface area contributed by atoms with E-state index in [-0.39, 0.29) is 11.1 Å². The van der Waals surface area contributed by atoms with E-state index < -0.39 is 31.0 Å². The summed E-state index contributed by atoms with van der Waals surface area (Å²) < 4.78 is 49.2. The zero-order valence-corrected chi connectivity index (χ0v) is 18.4. The van der Waals surface area contributed by atoms with Crippen LogP contribution in [0.2, 0.25) is 0 Å². The Morgan fingerprint density at radius 1 is 0.875 bits per heavy atom. The lowest BCUT2D eigenvalue weighted by molar-refractivity contribution is -0.144. The van der Waals surface area contributed by atoms with Gasteiger partial charge in [0.15, 0.2) is 0 Å². The maximum atomic E-state index is 15.2. The van der Waals surface area contributed by atoms with Crippen molar-refractivity contribution >= 4 is 29.7 Å². The predicted octanol–water partition coefficient (Wildman–Crippen LogP) is 4.26. The van der Waals surface area contributed by atoms with E-state index in [0.717, 1.165) is 6.92 Å². The van der Waals surface area contributed by atoms with Crippen LogP contribution in [0.5, 0.6) is 0 Å². The Morgan fingerprint density at radius 3 is 1.75 bits per heavy atom. The van der Waals surface area contributed by atoms with Crippen LogP contribution in [0.3, 0.4) is 0 Å². The largest absolute Gasteiger partial charge is 0.465 e. The topological polar surface area (TPSA) is 72.5 Å². The van der Waals surface area contributed by atoms with Crippen molar-refractivity contribution in [3.63, 3.8) is 0 Å². The fourth-order valence-electron chi connectivity index (χ4n) is 3.25. The number of carbonyl (C=O) groups excluding carboxylic acids is 2. The first-order valence-corrected chi connectivity index (χ1v) is 11.5. The molecule has 0 radical (unpaired) electrons. The van der Waals surface area contributed by atoms with E-state index in [1.807, 2.05) is 0 Å². The Kier molecular flexibility index (Phi) is 7.02. The average Bonchev–Trinajstić information content (AvgIpc) is 2.83. The van der Waals surface area contributed by atoms with Crippen LogP contribution in [-0.4, -0.2) is 24.8 Å². The number of ketones is 1. The zero-order valence-electron chi connectivity index (χ0n) is 17.5. The highest BCUT2D eigenvalue weighted by molar-refractivity contribution is 7.76. The summed E-state index contributed by atoms with van der Waals surface area (Å²) in [5, 5.41) is 3.27. The number of nitrogens with one attached hydrogen (secondary N) is 1. The normalized spacial score (nSPS) is 12.8. The minimum Gasteiger partial charge on any atom is -0.465 e. The van der Waals surface area contributed by atoms with Gasteiger partial charge in [0.05, 0.1) is 12.7 Å². The minimum atomic E-state index is -3.87. The van der Waals surface area contributed by atoms with E-state index in [0.29, 0.717) is 10.6 Å². The van der Waals surface area contributed by atoms with Crippen LogP contribution in [-0.2, 0) is 14.1 Å². The number of Topliss-reactive ketones (excluding diaryl/α,β-unsaturated/α-hetero) is 1. The highest BCUT2D eigenvalue weighted by atomic mass is 31.2. The van der Waals surface area contributed by atoms with Gasteiger partial charge in [-0.2, -0.15) is 8.78 Å². The van der Waals surface area contributed by atoms with E-state index in [2.05, 4.69) is 9.82 Å². The van der Waals surface area contributed by atoms with Crippen LogP contribution in [0, 0.1) is 0 Å². The van der Waals surface area contributed by atoms with E-state index in [1.54, 1.807) is 60.7 Å². The fourth-order valence-corrected chi connectivity index (χ4v) is 5.71. The van der Waals surface area contributed by atoms with E-state index >= 15 is 8.78 Å². The summed E-state index contributed by atoms with van der Waals surface area (Å²) in [6.07, 6.45) is 0. The summed E-state index contributed by atoms with van der Waals surface area (Å²) in [6.45, 7) is 0.785. The Morgan fingerprint density at radius 2 is 1.34 bits per heavy atom. The molecule has 0 heterocycles. The Balaban J connectivity index is 2.14. The first-order chi connectivity index (χ1) is 15.2. The SMILES string of the molecule is COC(=O)c1ccc(C(NP(=O)(c2ccccc2)c2ccccc2)C(F)(F)C(C)=O)cc1. The molecular weight excluding hydrogens is 435 g/mol. The molecule has 0 amide bonds. The van der Waals surface area contributed by atoms with Crippen LogP contribution in [0.1, 0.15) is 28.9 Å². The number of ether oxygens (including phenoxy) is 1. The lowest BCUT2D eigenvalue weighted by atomic mass is 9.98. The molecular formula is C24H22F2NO4P. The number of methoxy groups -OCH3 is 1. The predicted molar refractivity (Wildman–Crippen MR) is 119 cm³/mol. The number of benzene rings is 3. The van der Waals surface area contributed by atoms with Crippen LogP contribution in [0.15, 0.2) is 84.9 Å². The molecule has 1 N–H and O–H groups in total. The molecule has 1 atom stereocenters. The molecule has 0 saturated heterocycles. The first kappa shape index (κ1) is 23.5. The molecule has 3 aromatic rings. The number of alkyl halides is 2. The average molecular weight is 457 g/mol. The molecule has 3 aromatic carbocycles. The smallest absolute Gasteiger partial charge is 0.337 e. The molecule has 0 spiro atoms. The lowest BCUT2D eigenvalue weighted by Gasteiger charge is -2.31. The molecule has 0 aliphatic rings. The van der Waals surface area contributed by atoms with Gasteiger partial charge < -0.3 is 4.74 Å². The van der Waals surface area contributed by atoms with E-state index in [1.165, 1.54) is 31.4 Å². The van der Waals surface area contributed by atoms with Crippen LogP contribution in [0.4, 0.5) is 8.78 Å². The molecule has 0 bridgehead atoms. The first-order valence-electron chi connectivity index (χ1n) is 9.76. The second-order valence-electron chi connectivity index (χ2n) is 7.14. The van der Waals surface area contributed by atoms with Crippen molar-refractivity contribution < 1.29 is 27.7 Å². The van der Waals surface area contributed by atoms with Gasteiger partial charge in [-0.25, -0.2) is 9.88 Å². The minimum absolute atomic E-state index is 0.00457. The standard InChI is InChI=1S/C24H22F2NO4P/c1-17(28)24(25,26)22(18-13-15-19(16-14-18)23(29)31-2)27-32(30,20-9-5-3-6-10-20)21-11-7-4-8-12-21/h3-16,22H,1-2H3,(H,27,30). The number of carbonyl (C=O) groups is 2. The molecule has 0 aliphatic heterocycles. The van der Waals surface area contributed by atoms with Gasteiger partial charge in [-0.3, -0.25) is 9.36 Å². The van der Waals surface area contributed by atoms with E-state index in [9.17, 15) is 14.2 Å². The van der Waals surface area contributed by atoms with Crippen LogP contribution >= 0.6 is 7.29 Å². The highest BCUT2D eigenvalue weighted by Gasteiger charge is 2.48. The van der Waals surface area contributed by atoms with E-state index in [4.69, 9.17) is 0 Å². The molecule has 0 fully saturated rings. The molecule has 5 nitrogen and oxygen atoms in total. The van der Waals surface area contributed by atoms with Crippen molar-refractivity contribution in [2.24, 2.45) is 0 Å². The number of rotatable bonds is 8. The second-order valence-corrected chi connectivity index (χ2v) is 9.64. The van der Waals surface area contributed by atoms with Gasteiger partial charge in [-0.05, 0) is 42.0 Å². The summed E-state index contributed by atoms with van der Waals surface area (Å²) in [4.78, 5) is 23.6. The molecule has 0 saturated carbocycles. The summed E-state index contributed by atoms with van der Waals surface area (Å²) in [7, 11) is -2.58. The molecule has 166 valence electrons. The van der Waals surface area contributed by atoms with Gasteiger partial charge in [0, 0.05) is 17.5 Å². The van der Waals surface area contributed by atoms with Gasteiger partial charge in [0.1, 0.15) is 6.04 Å². The Hall–Kier alpha value is -3.15. The Labute approximate surface area is 184 Å². The summed E-state index contributed by atoms with van der Waals surface area (Å²) in [6, 6.07) is 19.8. The molecule has 8 heteroatoms. The van der Waals surface area contributed by atoms with Gasteiger partial charge in [-0.15, -0.1) is 0 Å². The van der Waals surface area contributed by atoms with Gasteiger partial charge in [0.2, 0.25) is 13.1 Å². The molecule has 0 aromatic heterocycles. The van der Waals surface area contributed by atoms with Crippen LogP contribution in [0.25, 0.3) is 0 Å². The summed E-state index contributed by atoms with van der Waals surface area (Å²) in [5.41, 5.74) is 0.167. The maximum Gasteiger partial charge on any atom is 0.337 e. The highest BCUT2D eigenvalue weighted by Crippen LogP contribution is 2.46. The third-order valence-electron chi connectivity index (χ3n) is 5.05. The maximum absolute atomic E-state index is 15.2. The number of hydrogen-bond donors (Lipinski definition) is 1. The molecule has 3 rings (SSSR count). The third kappa shape index (κ3) is 4.69. The second kappa shape index (κ2) is 9.55. The van der Waals surface area contributed by atoms with Crippen molar-refractivity contribution in [1.82, 2.24) is 5.09 Å². The third-order valence-corrected chi connectivity index (χ3v) is 7.72. The number of hydrogen-bond acceptors (Lipinski definition) is 4. The Bertz CT molecular complexity index is 1090. The van der Waals surface area contributed by atoms with Crippen molar-refractivity contribution in [3.05, 3.63) is 96.1 Å². The van der Waals surface area contributed by atoms with Crippen molar-refractivity contribution in [3.8, 4) is 0 Å². The van der Waals surface area contributed by atoms with Gasteiger partial charge in [-0.1, -0.05) is 48.5 Å². The lowest BCUT2D eigenvalue weighted by Crippen LogP contribution is -2.44. The van der Waals surface area contributed by atoms with Gasteiger partial charge >= 0.3 is 11.9 Å².